The van der Waals surface area contributed by atoms with Gasteiger partial charge in [-0.1, -0.05) is 23.5 Å². The van der Waals surface area contributed by atoms with Gasteiger partial charge in [-0.2, -0.15) is 0 Å². The van der Waals surface area contributed by atoms with Crippen LogP contribution in [0.1, 0.15) is 17.5 Å². The lowest BCUT2D eigenvalue weighted by molar-refractivity contribution is -0.128. The van der Waals surface area contributed by atoms with Gasteiger partial charge in [0.2, 0.25) is 11.8 Å². The smallest absolute Gasteiger partial charge is 0.231 e. The Labute approximate surface area is 185 Å². The highest BCUT2D eigenvalue weighted by Crippen LogP contribution is 2.29. The molecule has 1 N–H and O–H groups in total. The Morgan fingerprint density at radius 1 is 1.19 bits per heavy atom. The van der Waals surface area contributed by atoms with Crippen molar-refractivity contribution in [2.75, 3.05) is 32.6 Å². The number of carbonyl (C=O) groups excluding carboxylic acids is 2. The number of carbonyl (C=O) groups is 2. The van der Waals surface area contributed by atoms with Crippen molar-refractivity contribution in [1.29, 1.82) is 0 Å². The van der Waals surface area contributed by atoms with E-state index in [4.69, 9.17) is 9.47 Å². The molecule has 0 spiro atoms. The fraction of sp³-hybridized carbons (Fsp3) is 0.348. The Kier molecular flexibility index (Phi) is 6.08. The summed E-state index contributed by atoms with van der Waals surface area (Å²) in [5, 5.41) is 3.47. The van der Waals surface area contributed by atoms with Crippen LogP contribution in [-0.4, -0.2) is 49.0 Å². The molecule has 7 nitrogen and oxygen atoms in total. The molecule has 162 valence electrons. The number of nitrogens with one attached hydrogen (secondary N) is 1. The number of benzene rings is 2. The van der Waals surface area contributed by atoms with Crippen molar-refractivity contribution in [3.8, 4) is 11.5 Å². The van der Waals surface area contributed by atoms with Crippen LogP contribution in [-0.2, 0) is 16.0 Å². The fourth-order valence-corrected chi connectivity index (χ4v) is 4.72. The number of aryl methyl sites for hydroxylation is 1. The first kappa shape index (κ1) is 21.1. The van der Waals surface area contributed by atoms with Crippen LogP contribution in [0, 0.1) is 12.8 Å². The third-order valence-corrected chi connectivity index (χ3v) is 6.41. The van der Waals surface area contributed by atoms with Crippen molar-refractivity contribution >= 4 is 38.5 Å². The largest absolute Gasteiger partial charge is 0.493 e. The monoisotopic (exact) mass is 439 g/mol. The second kappa shape index (κ2) is 8.93. The number of anilines is 1. The Bertz CT molecular complexity index is 1130. The minimum absolute atomic E-state index is 0.000511. The summed E-state index contributed by atoms with van der Waals surface area (Å²) in [7, 11) is 3.20. The van der Waals surface area contributed by atoms with E-state index in [9.17, 15) is 9.59 Å². The predicted molar refractivity (Wildman–Crippen MR) is 121 cm³/mol. The van der Waals surface area contributed by atoms with Gasteiger partial charge in [0.15, 0.2) is 16.6 Å². The van der Waals surface area contributed by atoms with E-state index in [0.717, 1.165) is 21.3 Å². The molecule has 0 radical (unpaired) electrons. The van der Waals surface area contributed by atoms with Gasteiger partial charge >= 0.3 is 0 Å². The van der Waals surface area contributed by atoms with Gasteiger partial charge in [0.05, 0.1) is 30.4 Å². The topological polar surface area (TPSA) is 80.8 Å². The van der Waals surface area contributed by atoms with E-state index in [2.05, 4.69) is 16.4 Å². The molecule has 2 amide bonds. The SMILES string of the molecule is COc1ccc(CCN2C[C@@H](C(=O)Nc3nc4ccc(C)cc4s3)CC2=O)cc1OC. The van der Waals surface area contributed by atoms with E-state index in [-0.39, 0.29) is 24.2 Å². The average Bonchev–Trinajstić information content (AvgIpc) is 3.34. The number of fused-ring (bicyclic) bond motifs is 1. The first-order chi connectivity index (χ1) is 15.0. The van der Waals surface area contributed by atoms with Crippen LogP contribution in [0.25, 0.3) is 10.2 Å². The van der Waals surface area contributed by atoms with E-state index in [1.54, 1.807) is 19.1 Å². The highest BCUT2D eigenvalue weighted by Gasteiger charge is 2.34. The molecule has 1 atom stereocenters. The summed E-state index contributed by atoms with van der Waals surface area (Å²) in [6.07, 6.45) is 0.902. The maximum absolute atomic E-state index is 12.7. The number of thiazole rings is 1. The normalized spacial score (nSPS) is 16.0. The van der Waals surface area contributed by atoms with E-state index < -0.39 is 0 Å². The number of rotatable bonds is 7. The Morgan fingerprint density at radius 3 is 2.77 bits per heavy atom. The number of hydrogen-bond donors (Lipinski definition) is 1. The number of aromatic nitrogens is 1. The standard InChI is InChI=1S/C23H25N3O4S/c1-14-4-6-17-20(10-14)31-23(24-17)25-22(28)16-12-21(27)26(13-16)9-8-15-5-7-18(29-2)19(11-15)30-3/h4-7,10-11,16H,8-9,12-13H2,1-3H3,(H,24,25,28)/t16-/m0/s1. The van der Waals surface area contributed by atoms with Gasteiger partial charge in [-0.3, -0.25) is 9.59 Å². The molecule has 8 heteroatoms. The predicted octanol–water partition coefficient (Wildman–Crippen LogP) is 3.65. The van der Waals surface area contributed by atoms with E-state index in [0.29, 0.717) is 36.1 Å². The summed E-state index contributed by atoms with van der Waals surface area (Å²) in [5.41, 5.74) is 3.06. The highest BCUT2D eigenvalue weighted by molar-refractivity contribution is 7.22. The van der Waals surface area contributed by atoms with Crippen molar-refractivity contribution in [2.24, 2.45) is 5.92 Å². The van der Waals surface area contributed by atoms with Gasteiger partial charge in [-0.15, -0.1) is 0 Å². The van der Waals surface area contributed by atoms with Crippen molar-refractivity contribution in [3.63, 3.8) is 0 Å². The molecule has 3 aromatic rings. The van der Waals surface area contributed by atoms with Gasteiger partial charge in [-0.05, 0) is 48.7 Å². The zero-order valence-electron chi connectivity index (χ0n) is 17.8. The summed E-state index contributed by atoms with van der Waals surface area (Å²) in [4.78, 5) is 31.4. The summed E-state index contributed by atoms with van der Waals surface area (Å²) >= 11 is 1.45. The van der Waals surface area contributed by atoms with Crippen LogP contribution in [0.2, 0.25) is 0 Å². The first-order valence-electron chi connectivity index (χ1n) is 10.1. The molecule has 2 aromatic carbocycles. The fourth-order valence-electron chi connectivity index (χ4n) is 3.76. The lowest BCUT2D eigenvalue weighted by Gasteiger charge is -2.17. The zero-order valence-corrected chi connectivity index (χ0v) is 18.6. The molecular weight excluding hydrogens is 414 g/mol. The van der Waals surface area contributed by atoms with Crippen LogP contribution < -0.4 is 14.8 Å². The molecule has 2 heterocycles. The molecule has 1 aliphatic heterocycles. The molecule has 1 saturated heterocycles. The van der Waals surface area contributed by atoms with Gasteiger partial charge in [0.25, 0.3) is 0 Å². The van der Waals surface area contributed by atoms with Gasteiger partial charge in [0.1, 0.15) is 0 Å². The lowest BCUT2D eigenvalue weighted by Crippen LogP contribution is -2.30. The van der Waals surface area contributed by atoms with E-state index in [1.807, 2.05) is 37.3 Å². The van der Waals surface area contributed by atoms with Crippen LogP contribution in [0.4, 0.5) is 5.13 Å². The lowest BCUT2D eigenvalue weighted by atomic mass is 10.1. The number of amides is 2. The highest BCUT2D eigenvalue weighted by atomic mass is 32.1. The number of nitrogens with zero attached hydrogens (tertiary/aromatic N) is 2. The molecule has 0 bridgehead atoms. The Hall–Kier alpha value is -3.13. The van der Waals surface area contributed by atoms with Crippen LogP contribution >= 0.6 is 11.3 Å². The maximum Gasteiger partial charge on any atom is 0.231 e. The van der Waals surface area contributed by atoms with E-state index in [1.165, 1.54) is 11.3 Å². The Balaban J connectivity index is 1.35. The molecular formula is C23H25N3O4S. The van der Waals surface area contributed by atoms with Crippen molar-refractivity contribution < 1.29 is 19.1 Å². The van der Waals surface area contributed by atoms with Gasteiger partial charge in [-0.25, -0.2) is 4.98 Å². The second-order valence-electron chi connectivity index (χ2n) is 7.66. The molecule has 1 aromatic heterocycles. The van der Waals surface area contributed by atoms with Gasteiger partial charge in [0, 0.05) is 19.5 Å². The first-order valence-corrected chi connectivity index (χ1v) is 10.9. The number of hydrogen-bond acceptors (Lipinski definition) is 6. The molecule has 1 fully saturated rings. The quantitative estimate of drug-likeness (QED) is 0.608. The molecule has 31 heavy (non-hydrogen) atoms. The molecule has 1 aliphatic rings. The molecule has 0 unspecified atom stereocenters. The number of methoxy groups -OCH3 is 2. The minimum Gasteiger partial charge on any atom is -0.493 e. The third-order valence-electron chi connectivity index (χ3n) is 5.48. The van der Waals surface area contributed by atoms with Crippen LogP contribution in [0.3, 0.4) is 0 Å². The summed E-state index contributed by atoms with van der Waals surface area (Å²) < 4.78 is 11.6. The summed E-state index contributed by atoms with van der Waals surface area (Å²) in [6.45, 7) is 3.00. The summed E-state index contributed by atoms with van der Waals surface area (Å²) in [6, 6.07) is 11.7. The average molecular weight is 440 g/mol. The van der Waals surface area contributed by atoms with Crippen LogP contribution in [0.15, 0.2) is 36.4 Å². The molecule has 0 saturated carbocycles. The molecule has 0 aliphatic carbocycles. The van der Waals surface area contributed by atoms with Crippen molar-refractivity contribution in [3.05, 3.63) is 47.5 Å². The molecule has 4 rings (SSSR count). The number of likely N-dealkylation sites (tertiary alicyclic amines) is 1. The minimum atomic E-state index is -0.369. The number of ether oxygens (including phenoxy) is 2. The second-order valence-corrected chi connectivity index (χ2v) is 8.69. The maximum atomic E-state index is 12.7. The van der Waals surface area contributed by atoms with Crippen LogP contribution in [0.5, 0.6) is 11.5 Å². The van der Waals surface area contributed by atoms with E-state index >= 15 is 0 Å². The Morgan fingerprint density at radius 2 is 2.00 bits per heavy atom. The zero-order chi connectivity index (χ0) is 22.0. The van der Waals surface area contributed by atoms with Gasteiger partial charge < -0.3 is 19.7 Å². The third kappa shape index (κ3) is 4.64. The summed E-state index contributed by atoms with van der Waals surface area (Å²) in [5.74, 6) is 0.811. The van der Waals surface area contributed by atoms with Crippen molar-refractivity contribution in [1.82, 2.24) is 9.88 Å². The van der Waals surface area contributed by atoms with Crippen molar-refractivity contribution in [2.45, 2.75) is 19.8 Å².